The molecule has 2 aromatic carbocycles. The average Bonchev–Trinajstić information content (AvgIpc) is 2.77. The molecular formula is C25H23N3O2. The van der Waals surface area contributed by atoms with Crippen LogP contribution in [0.5, 0.6) is 11.5 Å². The molecule has 2 heterocycles. The average molecular weight is 397 g/mol. The zero-order valence-electron chi connectivity index (χ0n) is 16.7. The number of benzene rings is 2. The van der Waals surface area contributed by atoms with Gasteiger partial charge in [-0.2, -0.15) is 0 Å². The number of nitrogens with zero attached hydrogens (tertiary/aromatic N) is 2. The second kappa shape index (κ2) is 8.66. The molecule has 0 amide bonds. The number of phenolic OH excluding ortho intramolecular Hbond substituents is 1. The van der Waals surface area contributed by atoms with Crippen LogP contribution in [-0.4, -0.2) is 21.7 Å². The molecule has 0 aliphatic heterocycles. The maximum absolute atomic E-state index is 11.1. The fourth-order valence-electron chi connectivity index (χ4n) is 3.43. The van der Waals surface area contributed by atoms with E-state index in [4.69, 9.17) is 4.74 Å². The quantitative estimate of drug-likeness (QED) is 0.408. The van der Waals surface area contributed by atoms with E-state index in [0.29, 0.717) is 17.7 Å². The SMILES string of the molecule is C=CCOc1cccc([C@@H](Nc2cccc(C)n2)c2ccc3cccnc3c2O)c1. The van der Waals surface area contributed by atoms with E-state index in [2.05, 4.69) is 21.9 Å². The van der Waals surface area contributed by atoms with Crippen molar-refractivity contribution in [3.8, 4) is 11.5 Å². The van der Waals surface area contributed by atoms with E-state index >= 15 is 0 Å². The molecule has 0 aliphatic rings. The first-order chi connectivity index (χ1) is 14.7. The number of anilines is 1. The molecule has 2 aromatic heterocycles. The van der Waals surface area contributed by atoms with Crippen LogP contribution in [0.15, 0.2) is 85.6 Å². The first-order valence-corrected chi connectivity index (χ1v) is 9.76. The Hall–Kier alpha value is -3.86. The third-order valence-electron chi connectivity index (χ3n) is 4.83. The highest BCUT2D eigenvalue weighted by molar-refractivity contribution is 5.86. The van der Waals surface area contributed by atoms with Gasteiger partial charge in [-0.1, -0.05) is 49.1 Å². The lowest BCUT2D eigenvalue weighted by atomic mass is 9.96. The summed E-state index contributed by atoms with van der Waals surface area (Å²) in [4.78, 5) is 8.94. The Morgan fingerprint density at radius 1 is 1.10 bits per heavy atom. The summed E-state index contributed by atoms with van der Waals surface area (Å²) in [7, 11) is 0. The first kappa shape index (κ1) is 19.5. The smallest absolute Gasteiger partial charge is 0.147 e. The van der Waals surface area contributed by atoms with Crippen molar-refractivity contribution < 1.29 is 9.84 Å². The Labute approximate surface area is 175 Å². The molecule has 1 atom stereocenters. The molecule has 2 N–H and O–H groups in total. The van der Waals surface area contributed by atoms with Gasteiger partial charge in [0.1, 0.15) is 29.4 Å². The van der Waals surface area contributed by atoms with Crippen LogP contribution in [0.1, 0.15) is 22.9 Å². The van der Waals surface area contributed by atoms with Gasteiger partial charge in [0.05, 0.1) is 6.04 Å². The lowest BCUT2D eigenvalue weighted by molar-refractivity contribution is 0.362. The predicted octanol–water partition coefficient (Wildman–Crippen LogP) is 5.41. The van der Waals surface area contributed by atoms with Crippen LogP contribution in [0.25, 0.3) is 10.9 Å². The fourth-order valence-corrected chi connectivity index (χ4v) is 3.43. The highest BCUT2D eigenvalue weighted by Gasteiger charge is 2.21. The Morgan fingerprint density at radius 2 is 1.97 bits per heavy atom. The van der Waals surface area contributed by atoms with Crippen molar-refractivity contribution in [2.75, 3.05) is 11.9 Å². The number of nitrogens with one attached hydrogen (secondary N) is 1. The monoisotopic (exact) mass is 397 g/mol. The van der Waals surface area contributed by atoms with Crippen molar-refractivity contribution in [1.82, 2.24) is 9.97 Å². The number of rotatable bonds is 7. The lowest BCUT2D eigenvalue weighted by Gasteiger charge is -2.22. The van der Waals surface area contributed by atoms with E-state index in [1.54, 1.807) is 12.3 Å². The number of phenols is 1. The molecule has 0 spiro atoms. The van der Waals surface area contributed by atoms with Crippen molar-refractivity contribution >= 4 is 16.7 Å². The number of aromatic hydroxyl groups is 1. The second-order valence-electron chi connectivity index (χ2n) is 6.99. The third kappa shape index (κ3) is 4.10. The van der Waals surface area contributed by atoms with Gasteiger partial charge in [-0.3, -0.25) is 4.98 Å². The van der Waals surface area contributed by atoms with Crippen molar-refractivity contribution in [2.24, 2.45) is 0 Å². The van der Waals surface area contributed by atoms with E-state index in [9.17, 15) is 5.11 Å². The molecule has 30 heavy (non-hydrogen) atoms. The van der Waals surface area contributed by atoms with Gasteiger partial charge in [0.15, 0.2) is 0 Å². The molecule has 0 bridgehead atoms. The van der Waals surface area contributed by atoms with Gasteiger partial charge in [0.2, 0.25) is 0 Å². The molecule has 4 rings (SSSR count). The number of hydrogen-bond acceptors (Lipinski definition) is 5. The van der Waals surface area contributed by atoms with E-state index in [1.807, 2.05) is 73.7 Å². The minimum atomic E-state index is -0.349. The molecule has 150 valence electrons. The standard InChI is InChI=1S/C25H23N3O2/c1-3-15-30-20-10-5-8-19(16-20)23(28-22-11-4-7-17(2)27-22)21-13-12-18-9-6-14-26-24(18)25(21)29/h3-14,16,23,29H,1,15H2,2H3,(H,27,28)/t23-/m1/s1. The molecule has 0 saturated heterocycles. The van der Waals surface area contributed by atoms with Crippen LogP contribution in [-0.2, 0) is 0 Å². The molecular weight excluding hydrogens is 374 g/mol. The number of fused-ring (bicyclic) bond motifs is 1. The minimum absolute atomic E-state index is 0.149. The van der Waals surface area contributed by atoms with E-state index in [0.717, 1.165) is 28.2 Å². The largest absolute Gasteiger partial charge is 0.505 e. The van der Waals surface area contributed by atoms with Crippen LogP contribution >= 0.6 is 0 Å². The second-order valence-corrected chi connectivity index (χ2v) is 6.99. The Morgan fingerprint density at radius 3 is 2.80 bits per heavy atom. The summed E-state index contributed by atoms with van der Waals surface area (Å²) in [6.07, 6.45) is 3.39. The topological polar surface area (TPSA) is 67.3 Å². The van der Waals surface area contributed by atoms with Gasteiger partial charge >= 0.3 is 0 Å². The fraction of sp³-hybridized carbons (Fsp3) is 0.120. The molecule has 0 radical (unpaired) electrons. The lowest BCUT2D eigenvalue weighted by Crippen LogP contribution is -2.14. The summed E-state index contributed by atoms with van der Waals surface area (Å²) in [6, 6.07) is 20.9. The molecule has 0 unspecified atom stereocenters. The maximum atomic E-state index is 11.1. The Bertz CT molecular complexity index is 1190. The van der Waals surface area contributed by atoms with Crippen molar-refractivity contribution in [3.63, 3.8) is 0 Å². The van der Waals surface area contributed by atoms with Crippen molar-refractivity contribution in [2.45, 2.75) is 13.0 Å². The van der Waals surface area contributed by atoms with E-state index in [-0.39, 0.29) is 11.8 Å². The molecule has 5 heteroatoms. The van der Waals surface area contributed by atoms with Gasteiger partial charge in [-0.25, -0.2) is 4.98 Å². The number of aromatic nitrogens is 2. The summed E-state index contributed by atoms with van der Waals surface area (Å²) >= 11 is 0. The Kier molecular flexibility index (Phi) is 5.61. The van der Waals surface area contributed by atoms with Gasteiger partial charge in [0.25, 0.3) is 0 Å². The van der Waals surface area contributed by atoms with Crippen molar-refractivity contribution in [1.29, 1.82) is 0 Å². The van der Waals surface area contributed by atoms with Crippen molar-refractivity contribution in [3.05, 3.63) is 102 Å². The van der Waals surface area contributed by atoms with Crippen LogP contribution in [0.3, 0.4) is 0 Å². The number of pyridine rings is 2. The van der Waals surface area contributed by atoms with Crippen LogP contribution < -0.4 is 10.1 Å². The van der Waals surface area contributed by atoms with Gasteiger partial charge < -0.3 is 15.2 Å². The number of ether oxygens (including phenoxy) is 1. The van der Waals surface area contributed by atoms with Crippen LogP contribution in [0.2, 0.25) is 0 Å². The Balaban J connectivity index is 1.82. The maximum Gasteiger partial charge on any atom is 0.147 e. The molecule has 0 fully saturated rings. The summed E-state index contributed by atoms with van der Waals surface area (Å²) in [5.41, 5.74) is 3.13. The highest BCUT2D eigenvalue weighted by Crippen LogP contribution is 2.37. The zero-order chi connectivity index (χ0) is 20.9. The molecule has 0 saturated carbocycles. The van der Waals surface area contributed by atoms with E-state index < -0.39 is 0 Å². The minimum Gasteiger partial charge on any atom is -0.505 e. The van der Waals surface area contributed by atoms with Gasteiger partial charge in [-0.05, 0) is 42.8 Å². The van der Waals surface area contributed by atoms with E-state index in [1.165, 1.54) is 0 Å². The molecule has 0 aliphatic carbocycles. The number of hydrogen-bond donors (Lipinski definition) is 2. The molecule has 5 nitrogen and oxygen atoms in total. The summed E-state index contributed by atoms with van der Waals surface area (Å²) in [5, 5.41) is 15.4. The predicted molar refractivity (Wildman–Crippen MR) is 120 cm³/mol. The van der Waals surface area contributed by atoms with Crippen LogP contribution in [0, 0.1) is 6.92 Å². The highest BCUT2D eigenvalue weighted by atomic mass is 16.5. The van der Waals surface area contributed by atoms with Crippen LogP contribution in [0.4, 0.5) is 5.82 Å². The summed E-state index contributed by atoms with van der Waals surface area (Å²) in [6.45, 7) is 6.07. The normalized spacial score (nSPS) is 11.8. The number of aryl methyl sites for hydroxylation is 1. The third-order valence-corrected chi connectivity index (χ3v) is 4.83. The molecule has 4 aromatic rings. The summed E-state index contributed by atoms with van der Waals surface area (Å²) in [5.74, 6) is 1.60. The zero-order valence-corrected chi connectivity index (χ0v) is 16.7. The first-order valence-electron chi connectivity index (χ1n) is 9.76. The van der Waals surface area contributed by atoms with Gasteiger partial charge in [-0.15, -0.1) is 0 Å². The summed E-state index contributed by atoms with van der Waals surface area (Å²) < 4.78 is 5.72. The van der Waals surface area contributed by atoms with Gasteiger partial charge in [0, 0.05) is 22.8 Å².